The van der Waals surface area contributed by atoms with E-state index in [2.05, 4.69) is 15.5 Å². The first-order valence-corrected chi connectivity index (χ1v) is 8.77. The standard InChI is InChI=1S/C22H18FN3O/c23-18-8-4-7-16(13-18)17-10-11-19-20(14-17)25-26-22(19)24-21(27)12-9-15-5-2-1-3-6-15/h1-8,10-11,13-14H,9,12H2,(H2,24,25,26,27). The van der Waals surface area contributed by atoms with Crippen molar-refractivity contribution in [1.82, 2.24) is 10.2 Å². The smallest absolute Gasteiger partial charge is 0.225 e. The molecule has 27 heavy (non-hydrogen) atoms. The normalized spacial score (nSPS) is 10.9. The van der Waals surface area contributed by atoms with E-state index in [1.165, 1.54) is 12.1 Å². The van der Waals surface area contributed by atoms with E-state index >= 15 is 0 Å². The van der Waals surface area contributed by atoms with Gasteiger partial charge in [0.1, 0.15) is 5.82 Å². The summed E-state index contributed by atoms with van der Waals surface area (Å²) < 4.78 is 13.4. The van der Waals surface area contributed by atoms with Gasteiger partial charge < -0.3 is 5.32 Å². The molecular formula is C22H18FN3O. The van der Waals surface area contributed by atoms with Crippen molar-refractivity contribution >= 4 is 22.6 Å². The Morgan fingerprint density at radius 3 is 2.59 bits per heavy atom. The van der Waals surface area contributed by atoms with Crippen LogP contribution < -0.4 is 5.32 Å². The van der Waals surface area contributed by atoms with E-state index in [4.69, 9.17) is 0 Å². The number of hydrogen-bond donors (Lipinski definition) is 2. The maximum absolute atomic E-state index is 13.4. The summed E-state index contributed by atoms with van der Waals surface area (Å²) in [6.45, 7) is 0. The summed E-state index contributed by atoms with van der Waals surface area (Å²) in [5, 5.41) is 10.8. The zero-order valence-corrected chi connectivity index (χ0v) is 14.6. The summed E-state index contributed by atoms with van der Waals surface area (Å²) in [4.78, 5) is 12.2. The monoisotopic (exact) mass is 359 g/mol. The van der Waals surface area contributed by atoms with Crippen LogP contribution in [0, 0.1) is 5.82 Å². The lowest BCUT2D eigenvalue weighted by Crippen LogP contribution is -2.12. The molecule has 4 nitrogen and oxygen atoms in total. The second-order valence-electron chi connectivity index (χ2n) is 6.38. The number of rotatable bonds is 5. The highest BCUT2D eigenvalue weighted by molar-refractivity contribution is 6.00. The molecule has 4 aromatic rings. The molecule has 0 aliphatic heterocycles. The number of aromatic nitrogens is 2. The molecule has 0 unspecified atom stereocenters. The van der Waals surface area contributed by atoms with Gasteiger partial charge in [0.25, 0.3) is 0 Å². The maximum Gasteiger partial charge on any atom is 0.225 e. The second-order valence-corrected chi connectivity index (χ2v) is 6.38. The number of carbonyl (C=O) groups excluding carboxylic acids is 1. The second kappa shape index (κ2) is 7.41. The third-order valence-electron chi connectivity index (χ3n) is 4.46. The van der Waals surface area contributed by atoms with Crippen molar-refractivity contribution in [3.63, 3.8) is 0 Å². The molecule has 0 spiro atoms. The first-order chi connectivity index (χ1) is 13.2. The molecule has 3 aromatic carbocycles. The van der Waals surface area contributed by atoms with Crippen LogP contribution >= 0.6 is 0 Å². The number of hydrogen-bond acceptors (Lipinski definition) is 2. The molecule has 2 N–H and O–H groups in total. The molecule has 0 saturated carbocycles. The number of nitrogens with zero attached hydrogens (tertiary/aromatic N) is 1. The molecule has 0 fully saturated rings. The van der Waals surface area contributed by atoms with Gasteiger partial charge in [0.05, 0.1) is 5.52 Å². The van der Waals surface area contributed by atoms with E-state index in [1.807, 2.05) is 54.6 Å². The van der Waals surface area contributed by atoms with Crippen LogP contribution in [-0.2, 0) is 11.2 Å². The quantitative estimate of drug-likeness (QED) is 0.530. The van der Waals surface area contributed by atoms with Gasteiger partial charge in [0.2, 0.25) is 5.91 Å². The first kappa shape index (κ1) is 17.0. The Labute approximate surface area is 156 Å². The molecule has 0 aliphatic rings. The number of aryl methyl sites for hydroxylation is 1. The molecule has 0 atom stereocenters. The minimum atomic E-state index is -0.274. The number of nitrogens with one attached hydrogen (secondary N) is 2. The van der Waals surface area contributed by atoms with Gasteiger partial charge >= 0.3 is 0 Å². The SMILES string of the molecule is O=C(CCc1ccccc1)Nc1n[nH]c2cc(-c3cccc(F)c3)ccc12. The van der Waals surface area contributed by atoms with Crippen LogP contribution in [0.5, 0.6) is 0 Å². The van der Waals surface area contributed by atoms with E-state index < -0.39 is 0 Å². The van der Waals surface area contributed by atoms with Crippen molar-refractivity contribution in [3.05, 3.63) is 84.2 Å². The van der Waals surface area contributed by atoms with Gasteiger partial charge in [0.15, 0.2) is 5.82 Å². The third kappa shape index (κ3) is 3.87. The van der Waals surface area contributed by atoms with Crippen molar-refractivity contribution in [2.24, 2.45) is 0 Å². The Bertz CT molecular complexity index is 1090. The van der Waals surface area contributed by atoms with Crippen LogP contribution in [0.15, 0.2) is 72.8 Å². The fourth-order valence-corrected chi connectivity index (χ4v) is 3.06. The Hall–Kier alpha value is -3.47. The van der Waals surface area contributed by atoms with E-state index in [-0.39, 0.29) is 11.7 Å². The summed E-state index contributed by atoms with van der Waals surface area (Å²) in [6, 6.07) is 22.0. The van der Waals surface area contributed by atoms with Crippen LogP contribution in [-0.4, -0.2) is 16.1 Å². The average Bonchev–Trinajstić information content (AvgIpc) is 3.09. The minimum absolute atomic E-state index is 0.0820. The number of fused-ring (bicyclic) bond motifs is 1. The van der Waals surface area contributed by atoms with Crippen LogP contribution in [0.1, 0.15) is 12.0 Å². The Balaban J connectivity index is 1.49. The predicted molar refractivity (Wildman–Crippen MR) is 105 cm³/mol. The fourth-order valence-electron chi connectivity index (χ4n) is 3.06. The molecule has 0 radical (unpaired) electrons. The van der Waals surface area contributed by atoms with Gasteiger partial charge in [-0.05, 0) is 47.4 Å². The van der Waals surface area contributed by atoms with E-state index in [9.17, 15) is 9.18 Å². The van der Waals surface area contributed by atoms with Gasteiger partial charge in [-0.3, -0.25) is 9.89 Å². The highest BCUT2D eigenvalue weighted by Gasteiger charge is 2.11. The summed E-state index contributed by atoms with van der Waals surface area (Å²) in [6.07, 6.45) is 1.07. The number of amides is 1. The average molecular weight is 359 g/mol. The van der Waals surface area contributed by atoms with Crippen LogP contribution in [0.2, 0.25) is 0 Å². The van der Waals surface area contributed by atoms with Gasteiger partial charge in [-0.2, -0.15) is 5.10 Å². The van der Waals surface area contributed by atoms with Gasteiger partial charge in [0, 0.05) is 11.8 Å². The molecule has 5 heteroatoms. The van der Waals surface area contributed by atoms with E-state index in [0.29, 0.717) is 18.7 Å². The van der Waals surface area contributed by atoms with Crippen molar-refractivity contribution in [3.8, 4) is 11.1 Å². The molecule has 0 saturated heterocycles. The molecule has 0 bridgehead atoms. The number of H-pyrrole nitrogens is 1. The molecule has 0 aliphatic carbocycles. The highest BCUT2D eigenvalue weighted by atomic mass is 19.1. The first-order valence-electron chi connectivity index (χ1n) is 8.77. The highest BCUT2D eigenvalue weighted by Crippen LogP contribution is 2.27. The molecule has 134 valence electrons. The van der Waals surface area contributed by atoms with Crippen LogP contribution in [0.3, 0.4) is 0 Å². The van der Waals surface area contributed by atoms with Crippen LogP contribution in [0.25, 0.3) is 22.0 Å². The Morgan fingerprint density at radius 2 is 1.78 bits per heavy atom. The predicted octanol–water partition coefficient (Wildman–Crippen LogP) is 4.94. The van der Waals surface area contributed by atoms with Gasteiger partial charge in [-0.15, -0.1) is 0 Å². The minimum Gasteiger partial charge on any atom is -0.309 e. The van der Waals surface area contributed by atoms with E-state index in [0.717, 1.165) is 27.6 Å². The molecule has 1 amide bonds. The number of halogens is 1. The van der Waals surface area contributed by atoms with E-state index in [1.54, 1.807) is 6.07 Å². The lowest BCUT2D eigenvalue weighted by molar-refractivity contribution is -0.116. The molecule has 4 rings (SSSR count). The third-order valence-corrected chi connectivity index (χ3v) is 4.46. The summed E-state index contributed by atoms with van der Waals surface area (Å²) in [7, 11) is 0. The fraction of sp³-hybridized carbons (Fsp3) is 0.0909. The molecular weight excluding hydrogens is 341 g/mol. The number of benzene rings is 3. The lowest BCUT2D eigenvalue weighted by Gasteiger charge is -2.04. The Morgan fingerprint density at radius 1 is 0.963 bits per heavy atom. The summed E-state index contributed by atoms with van der Waals surface area (Å²) in [5.74, 6) is 0.152. The molecule has 1 heterocycles. The van der Waals surface area contributed by atoms with Crippen molar-refractivity contribution in [2.75, 3.05) is 5.32 Å². The van der Waals surface area contributed by atoms with Crippen LogP contribution in [0.4, 0.5) is 10.2 Å². The Kier molecular flexibility index (Phi) is 4.66. The van der Waals surface area contributed by atoms with Gasteiger partial charge in [-0.1, -0.05) is 48.5 Å². The van der Waals surface area contributed by atoms with Crippen molar-refractivity contribution < 1.29 is 9.18 Å². The maximum atomic E-state index is 13.4. The zero-order chi connectivity index (χ0) is 18.6. The largest absolute Gasteiger partial charge is 0.309 e. The summed E-state index contributed by atoms with van der Waals surface area (Å²) >= 11 is 0. The van der Waals surface area contributed by atoms with Crippen molar-refractivity contribution in [2.45, 2.75) is 12.8 Å². The topological polar surface area (TPSA) is 57.8 Å². The van der Waals surface area contributed by atoms with Crippen molar-refractivity contribution in [1.29, 1.82) is 0 Å². The summed E-state index contributed by atoms with van der Waals surface area (Å²) in [5.41, 5.74) is 3.59. The number of aromatic amines is 1. The molecule has 1 aromatic heterocycles. The van der Waals surface area contributed by atoms with Gasteiger partial charge in [-0.25, -0.2) is 4.39 Å². The number of carbonyl (C=O) groups is 1. The lowest BCUT2D eigenvalue weighted by atomic mass is 10.0. The number of anilines is 1. The zero-order valence-electron chi connectivity index (χ0n) is 14.6.